The first-order valence-electron chi connectivity index (χ1n) is 6.32. The average molecular weight is 193 g/mol. The summed E-state index contributed by atoms with van der Waals surface area (Å²) in [7, 11) is 0. The number of fused-ring (bicyclic) bond motifs is 1. The van der Waals surface area contributed by atoms with Crippen molar-refractivity contribution in [3.8, 4) is 0 Å². The quantitative estimate of drug-likeness (QED) is 0.619. The molecular weight excluding hydrogens is 170 g/mol. The van der Waals surface area contributed by atoms with Gasteiger partial charge in [0.2, 0.25) is 0 Å². The van der Waals surface area contributed by atoms with Gasteiger partial charge in [-0.2, -0.15) is 0 Å². The number of hydrogen-bond donors (Lipinski definition) is 0. The molecule has 1 nitrogen and oxygen atoms in total. The second kappa shape index (κ2) is 2.75. The molecule has 0 aromatic rings. The van der Waals surface area contributed by atoms with Crippen LogP contribution in [0.1, 0.15) is 40.0 Å². The van der Waals surface area contributed by atoms with E-state index in [2.05, 4.69) is 25.7 Å². The monoisotopic (exact) mass is 193 g/mol. The Balaban J connectivity index is 1.57. The molecule has 0 aromatic heterocycles. The van der Waals surface area contributed by atoms with Gasteiger partial charge in [0.25, 0.3) is 0 Å². The highest BCUT2D eigenvalue weighted by molar-refractivity contribution is 5.10. The minimum Gasteiger partial charge on any atom is -0.298 e. The smallest absolute Gasteiger partial charge is 0.0125 e. The number of hydrogen-bond acceptors (Lipinski definition) is 1. The summed E-state index contributed by atoms with van der Waals surface area (Å²) in [5.41, 5.74) is 0.414. The van der Waals surface area contributed by atoms with E-state index >= 15 is 0 Å². The van der Waals surface area contributed by atoms with Crippen LogP contribution in [0.4, 0.5) is 0 Å². The highest BCUT2D eigenvalue weighted by atomic mass is 15.2. The SMILES string of the molecule is CC(C)(C)N1CC2C(C1)C2C1CCC1. The van der Waals surface area contributed by atoms with Gasteiger partial charge in [-0.3, -0.25) is 4.90 Å². The average Bonchev–Trinajstić information content (AvgIpc) is 2.50. The Morgan fingerprint density at radius 3 is 1.93 bits per heavy atom. The van der Waals surface area contributed by atoms with E-state index < -0.39 is 0 Å². The molecule has 2 aliphatic carbocycles. The molecule has 3 rings (SSSR count). The van der Waals surface area contributed by atoms with Crippen LogP contribution in [0.3, 0.4) is 0 Å². The van der Waals surface area contributed by atoms with Crippen LogP contribution in [0.5, 0.6) is 0 Å². The lowest BCUT2D eigenvalue weighted by atomic mass is 9.80. The van der Waals surface area contributed by atoms with Gasteiger partial charge in [-0.1, -0.05) is 19.3 Å². The largest absolute Gasteiger partial charge is 0.298 e. The number of rotatable bonds is 1. The Morgan fingerprint density at radius 1 is 1.00 bits per heavy atom. The third kappa shape index (κ3) is 1.25. The Hall–Kier alpha value is -0.0400. The predicted molar refractivity (Wildman–Crippen MR) is 59.1 cm³/mol. The third-order valence-corrected chi connectivity index (χ3v) is 4.90. The highest BCUT2D eigenvalue weighted by Gasteiger charge is 2.59. The van der Waals surface area contributed by atoms with Gasteiger partial charge in [0.15, 0.2) is 0 Å². The molecule has 1 heterocycles. The molecule has 3 fully saturated rings. The van der Waals surface area contributed by atoms with Crippen molar-refractivity contribution in [3.63, 3.8) is 0 Å². The van der Waals surface area contributed by atoms with Gasteiger partial charge in [0, 0.05) is 18.6 Å². The Labute approximate surface area is 87.9 Å². The summed E-state index contributed by atoms with van der Waals surface area (Å²) in [6.45, 7) is 9.87. The highest BCUT2D eigenvalue weighted by Crippen LogP contribution is 2.60. The molecule has 2 atom stereocenters. The molecule has 0 bridgehead atoms. The molecule has 0 amide bonds. The lowest BCUT2D eigenvalue weighted by molar-refractivity contribution is 0.127. The minimum absolute atomic E-state index is 0.414. The van der Waals surface area contributed by atoms with Gasteiger partial charge in [-0.05, 0) is 44.4 Å². The van der Waals surface area contributed by atoms with E-state index in [1.807, 2.05) is 0 Å². The third-order valence-electron chi connectivity index (χ3n) is 4.90. The molecule has 1 aliphatic heterocycles. The van der Waals surface area contributed by atoms with Crippen LogP contribution < -0.4 is 0 Å². The van der Waals surface area contributed by atoms with Crippen LogP contribution >= 0.6 is 0 Å². The van der Waals surface area contributed by atoms with Crippen LogP contribution in [-0.2, 0) is 0 Å². The molecule has 2 saturated carbocycles. The summed E-state index contributed by atoms with van der Waals surface area (Å²) < 4.78 is 0. The molecule has 3 aliphatic rings. The second-order valence-corrected chi connectivity index (χ2v) is 6.67. The number of nitrogens with zero attached hydrogens (tertiary/aromatic N) is 1. The van der Waals surface area contributed by atoms with E-state index in [9.17, 15) is 0 Å². The molecule has 1 heteroatoms. The summed E-state index contributed by atoms with van der Waals surface area (Å²) in [4.78, 5) is 2.69. The van der Waals surface area contributed by atoms with E-state index in [0.717, 1.165) is 23.7 Å². The Morgan fingerprint density at radius 2 is 1.57 bits per heavy atom. The molecule has 0 spiro atoms. The lowest BCUT2D eigenvalue weighted by Crippen LogP contribution is -2.42. The summed E-state index contributed by atoms with van der Waals surface area (Å²) in [6.07, 6.45) is 4.62. The van der Waals surface area contributed by atoms with Gasteiger partial charge < -0.3 is 0 Å². The van der Waals surface area contributed by atoms with Crippen molar-refractivity contribution in [3.05, 3.63) is 0 Å². The molecule has 2 unspecified atom stereocenters. The van der Waals surface area contributed by atoms with Gasteiger partial charge in [-0.25, -0.2) is 0 Å². The normalized spacial score (nSPS) is 43.5. The lowest BCUT2D eigenvalue weighted by Gasteiger charge is -2.35. The van der Waals surface area contributed by atoms with Gasteiger partial charge >= 0.3 is 0 Å². The first kappa shape index (κ1) is 9.21. The standard InChI is InChI=1S/C13H23N/c1-13(2,3)14-7-10-11(8-14)12(10)9-5-4-6-9/h9-12H,4-8H2,1-3H3. The zero-order valence-electron chi connectivity index (χ0n) is 9.79. The molecule has 80 valence electrons. The fourth-order valence-electron chi connectivity index (χ4n) is 3.64. The second-order valence-electron chi connectivity index (χ2n) is 6.67. The zero-order chi connectivity index (χ0) is 9.92. The maximum atomic E-state index is 2.69. The Kier molecular flexibility index (Phi) is 1.81. The van der Waals surface area contributed by atoms with Crippen molar-refractivity contribution in [1.82, 2.24) is 4.90 Å². The van der Waals surface area contributed by atoms with Crippen molar-refractivity contribution in [2.75, 3.05) is 13.1 Å². The van der Waals surface area contributed by atoms with Crippen LogP contribution in [-0.4, -0.2) is 23.5 Å². The van der Waals surface area contributed by atoms with Crippen molar-refractivity contribution >= 4 is 0 Å². The van der Waals surface area contributed by atoms with E-state index in [0.29, 0.717) is 5.54 Å². The fourth-order valence-corrected chi connectivity index (χ4v) is 3.64. The van der Waals surface area contributed by atoms with Crippen molar-refractivity contribution in [2.24, 2.45) is 23.7 Å². The molecule has 1 saturated heterocycles. The molecule has 14 heavy (non-hydrogen) atoms. The topological polar surface area (TPSA) is 3.24 Å². The van der Waals surface area contributed by atoms with Crippen LogP contribution in [0, 0.1) is 23.7 Å². The first-order chi connectivity index (χ1) is 6.57. The van der Waals surface area contributed by atoms with Crippen LogP contribution in [0.2, 0.25) is 0 Å². The van der Waals surface area contributed by atoms with E-state index in [4.69, 9.17) is 0 Å². The van der Waals surface area contributed by atoms with Crippen molar-refractivity contribution in [2.45, 2.75) is 45.6 Å². The first-order valence-corrected chi connectivity index (χ1v) is 6.32. The fraction of sp³-hybridized carbons (Fsp3) is 1.00. The minimum atomic E-state index is 0.414. The molecule has 0 N–H and O–H groups in total. The summed E-state index contributed by atoms with van der Waals surface area (Å²) in [5, 5.41) is 0. The molecule has 0 aromatic carbocycles. The van der Waals surface area contributed by atoms with E-state index in [1.54, 1.807) is 12.8 Å². The van der Waals surface area contributed by atoms with Gasteiger partial charge in [-0.15, -0.1) is 0 Å². The summed E-state index contributed by atoms with van der Waals surface area (Å²) in [6, 6.07) is 0. The number of likely N-dealkylation sites (tertiary alicyclic amines) is 1. The zero-order valence-corrected chi connectivity index (χ0v) is 9.79. The maximum Gasteiger partial charge on any atom is 0.0125 e. The maximum absolute atomic E-state index is 2.69. The molecule has 0 radical (unpaired) electrons. The van der Waals surface area contributed by atoms with Crippen molar-refractivity contribution < 1.29 is 0 Å². The van der Waals surface area contributed by atoms with Crippen molar-refractivity contribution in [1.29, 1.82) is 0 Å². The Bertz CT molecular complexity index is 224. The summed E-state index contributed by atoms with van der Waals surface area (Å²) >= 11 is 0. The van der Waals surface area contributed by atoms with E-state index in [1.165, 1.54) is 19.5 Å². The molecular formula is C13H23N. The summed E-state index contributed by atoms with van der Waals surface area (Å²) in [5.74, 6) is 4.49. The van der Waals surface area contributed by atoms with Gasteiger partial charge in [0.05, 0.1) is 0 Å². The number of piperidine rings is 1. The van der Waals surface area contributed by atoms with Crippen LogP contribution in [0.25, 0.3) is 0 Å². The van der Waals surface area contributed by atoms with Gasteiger partial charge in [0.1, 0.15) is 0 Å². The predicted octanol–water partition coefficient (Wildman–Crippen LogP) is 2.76. The van der Waals surface area contributed by atoms with Crippen LogP contribution in [0.15, 0.2) is 0 Å². The van der Waals surface area contributed by atoms with E-state index in [-0.39, 0.29) is 0 Å².